The summed E-state index contributed by atoms with van der Waals surface area (Å²) < 4.78 is 21.8. The second-order valence-corrected chi connectivity index (χ2v) is 28.4. The molecule has 19 heteroatoms. The van der Waals surface area contributed by atoms with Crippen molar-refractivity contribution in [1.29, 1.82) is 0 Å². The first-order valence-electron chi connectivity index (χ1n) is 27.8. The molecule has 4 amide bonds. The van der Waals surface area contributed by atoms with Crippen molar-refractivity contribution in [2.45, 2.75) is 173 Å². The predicted octanol–water partition coefficient (Wildman–Crippen LogP) is 9.73. The predicted molar refractivity (Wildman–Crippen MR) is 320 cm³/mol. The first-order chi connectivity index (χ1) is 35.3. The van der Waals surface area contributed by atoms with E-state index in [2.05, 4.69) is 110 Å². The largest absolute Gasteiger partial charge is 0.466 e. The molecule has 0 heterocycles. The molecule has 15 nitrogen and oxygen atoms in total. The standard InChI is InChI=1S/C32H61N3O6S2.C24H48N2O4S2/c1-31(2,3)15-21-40-29(38)11-7-9-23-42-25-13-27(36)34-19-17-33-18-20-35-28(37)14-26-43-24-10-8-12-30(39)41-22-16-32(4,5)6;1-23(2,3)19-29-13-7-15-31-17-9-21(27)25-11-12-26-22(28)10-18-32-16-8-14-30-20-24(4,5)6/h33H,7-26H2,1-6H3,(H,34,36)(H,35,37);7-20H2,1-6H3,(H,25,27)(H,26,28). The average molecular weight is 1140 g/mol. The smallest absolute Gasteiger partial charge is 0.305 e. The summed E-state index contributed by atoms with van der Waals surface area (Å²) in [6, 6.07) is 0. The van der Waals surface area contributed by atoms with Gasteiger partial charge in [-0.15, -0.1) is 0 Å². The summed E-state index contributed by atoms with van der Waals surface area (Å²) in [4.78, 5) is 71.0. The first kappa shape index (κ1) is 75.2. The molecule has 0 fully saturated rings. The number of hydrogen-bond donors (Lipinski definition) is 5. The van der Waals surface area contributed by atoms with Crippen molar-refractivity contribution < 1.29 is 47.7 Å². The van der Waals surface area contributed by atoms with Crippen molar-refractivity contribution in [2.24, 2.45) is 21.7 Å². The van der Waals surface area contributed by atoms with Crippen LogP contribution in [0.4, 0.5) is 0 Å². The number of carbonyl (C=O) groups excluding carboxylic acids is 6. The molecule has 442 valence electrons. The lowest BCUT2D eigenvalue weighted by molar-refractivity contribution is -0.145. The van der Waals surface area contributed by atoms with Gasteiger partial charge in [0.25, 0.3) is 0 Å². The van der Waals surface area contributed by atoms with Crippen molar-refractivity contribution in [3.8, 4) is 0 Å². The normalized spacial score (nSPS) is 11.8. The number of unbranched alkanes of at least 4 members (excludes halogenated alkanes) is 2. The van der Waals surface area contributed by atoms with Gasteiger partial charge in [0.2, 0.25) is 23.6 Å². The summed E-state index contributed by atoms with van der Waals surface area (Å²) >= 11 is 7.03. The van der Waals surface area contributed by atoms with Crippen LogP contribution in [0.25, 0.3) is 0 Å². The van der Waals surface area contributed by atoms with E-state index < -0.39 is 0 Å². The van der Waals surface area contributed by atoms with Gasteiger partial charge in [-0.2, -0.15) is 47.0 Å². The number of amides is 4. The van der Waals surface area contributed by atoms with Gasteiger partial charge in [-0.1, -0.05) is 83.1 Å². The van der Waals surface area contributed by atoms with Crippen molar-refractivity contribution in [3.63, 3.8) is 0 Å². The minimum Gasteiger partial charge on any atom is -0.466 e. The fourth-order valence-corrected chi connectivity index (χ4v) is 9.44. The molecule has 0 radical (unpaired) electrons. The molecule has 0 aromatic heterocycles. The highest BCUT2D eigenvalue weighted by Gasteiger charge is 2.14. The zero-order chi connectivity index (χ0) is 56.7. The maximum absolute atomic E-state index is 12.0. The monoisotopic (exact) mass is 1140 g/mol. The average Bonchev–Trinajstić information content (AvgIpc) is 3.29. The molecule has 0 aromatic carbocycles. The fraction of sp³-hybridized carbons (Fsp3) is 0.893. The summed E-state index contributed by atoms with van der Waals surface area (Å²) in [6.07, 6.45) is 10.2. The van der Waals surface area contributed by atoms with E-state index in [0.717, 1.165) is 124 Å². The maximum atomic E-state index is 12.0. The van der Waals surface area contributed by atoms with Gasteiger partial charge < -0.3 is 45.5 Å². The van der Waals surface area contributed by atoms with Gasteiger partial charge in [0, 0.05) is 114 Å². The van der Waals surface area contributed by atoms with Crippen LogP contribution in [-0.2, 0) is 47.7 Å². The molecule has 0 spiro atoms. The van der Waals surface area contributed by atoms with Crippen molar-refractivity contribution >= 4 is 82.6 Å². The molecule has 0 aromatic rings. The Bertz CT molecular complexity index is 1360. The van der Waals surface area contributed by atoms with E-state index in [1.807, 2.05) is 0 Å². The number of ether oxygens (including phenoxy) is 4. The Labute approximate surface area is 473 Å². The minimum absolute atomic E-state index is 0.0403. The van der Waals surface area contributed by atoms with E-state index in [1.54, 1.807) is 47.0 Å². The van der Waals surface area contributed by atoms with Crippen molar-refractivity contribution in [2.75, 3.05) is 125 Å². The van der Waals surface area contributed by atoms with E-state index >= 15 is 0 Å². The SMILES string of the molecule is CC(C)(C)CCOC(=O)CCCCSCCC(=O)NCCNCCNC(=O)CCSCCCCC(=O)OCCC(C)(C)C.CC(C)(C)COCCCSCCC(=O)NCCNC(=O)CCSCCCOCC(C)(C)C. The molecular formula is C56H109N5O10S4. The van der Waals surface area contributed by atoms with Crippen LogP contribution in [0.15, 0.2) is 0 Å². The molecular weight excluding hydrogens is 1030 g/mol. The van der Waals surface area contributed by atoms with Crippen molar-refractivity contribution in [3.05, 3.63) is 0 Å². The second kappa shape index (κ2) is 48.0. The van der Waals surface area contributed by atoms with Gasteiger partial charge >= 0.3 is 11.9 Å². The van der Waals surface area contributed by atoms with Gasteiger partial charge in [0.15, 0.2) is 0 Å². The summed E-state index contributed by atoms with van der Waals surface area (Å²) in [5, 5.41) is 14.8. The van der Waals surface area contributed by atoms with Crippen LogP contribution in [0.1, 0.15) is 173 Å². The Morgan fingerprint density at radius 2 is 0.627 bits per heavy atom. The molecule has 0 rings (SSSR count). The molecule has 0 saturated carbocycles. The Morgan fingerprint density at radius 3 is 0.920 bits per heavy atom. The Hall–Kier alpha value is -1.90. The summed E-state index contributed by atoms with van der Waals surface area (Å²) in [6.45, 7) is 33.2. The van der Waals surface area contributed by atoms with Crippen LogP contribution in [0.3, 0.4) is 0 Å². The lowest BCUT2D eigenvalue weighted by Crippen LogP contribution is -2.36. The minimum atomic E-state index is -0.120. The number of rotatable bonds is 45. The lowest BCUT2D eigenvalue weighted by atomic mass is 9.93. The van der Waals surface area contributed by atoms with Crippen LogP contribution < -0.4 is 26.6 Å². The quantitative estimate of drug-likeness (QED) is 0.0285. The van der Waals surface area contributed by atoms with Gasteiger partial charge in [-0.05, 0) is 96.0 Å². The topological polar surface area (TPSA) is 199 Å². The molecule has 0 atom stereocenters. The lowest BCUT2D eigenvalue weighted by Gasteiger charge is -2.17. The van der Waals surface area contributed by atoms with Gasteiger partial charge in [0.1, 0.15) is 0 Å². The van der Waals surface area contributed by atoms with Gasteiger partial charge in [-0.3, -0.25) is 28.8 Å². The van der Waals surface area contributed by atoms with E-state index in [0.29, 0.717) is 91.0 Å². The highest BCUT2D eigenvalue weighted by Crippen LogP contribution is 2.20. The van der Waals surface area contributed by atoms with Crippen molar-refractivity contribution in [1.82, 2.24) is 26.6 Å². The highest BCUT2D eigenvalue weighted by atomic mass is 32.2. The number of hydrogen-bond acceptors (Lipinski definition) is 15. The Balaban J connectivity index is 0. The van der Waals surface area contributed by atoms with E-state index in [9.17, 15) is 28.8 Å². The highest BCUT2D eigenvalue weighted by molar-refractivity contribution is 7.99. The first-order valence-corrected chi connectivity index (χ1v) is 32.5. The zero-order valence-corrected chi connectivity index (χ0v) is 52.5. The number of esters is 2. The zero-order valence-electron chi connectivity index (χ0n) is 49.3. The van der Waals surface area contributed by atoms with Crippen LogP contribution in [0.2, 0.25) is 0 Å². The summed E-state index contributed by atoms with van der Waals surface area (Å²) in [5.74, 6) is 6.98. The van der Waals surface area contributed by atoms with E-state index in [4.69, 9.17) is 18.9 Å². The molecule has 0 aliphatic rings. The number of thioether (sulfide) groups is 4. The third-order valence-corrected chi connectivity index (χ3v) is 14.5. The van der Waals surface area contributed by atoms with E-state index in [-0.39, 0.29) is 57.2 Å². The molecule has 0 saturated heterocycles. The van der Waals surface area contributed by atoms with Crippen LogP contribution in [-0.4, -0.2) is 160 Å². The summed E-state index contributed by atoms with van der Waals surface area (Å²) in [5.41, 5.74) is 0.775. The summed E-state index contributed by atoms with van der Waals surface area (Å²) in [7, 11) is 0. The van der Waals surface area contributed by atoms with E-state index in [1.165, 1.54) is 0 Å². The molecule has 0 bridgehead atoms. The molecule has 0 aliphatic heterocycles. The van der Waals surface area contributed by atoms with Gasteiger partial charge in [0.05, 0.1) is 26.4 Å². The second-order valence-electron chi connectivity index (χ2n) is 23.5. The van der Waals surface area contributed by atoms with Crippen LogP contribution in [0.5, 0.6) is 0 Å². The third-order valence-electron chi connectivity index (χ3n) is 10.2. The van der Waals surface area contributed by atoms with Crippen LogP contribution in [0, 0.1) is 21.7 Å². The number of nitrogens with one attached hydrogen (secondary N) is 5. The molecule has 0 aliphatic carbocycles. The van der Waals surface area contributed by atoms with Crippen LogP contribution >= 0.6 is 47.0 Å². The maximum Gasteiger partial charge on any atom is 0.305 e. The third kappa shape index (κ3) is 66.3. The molecule has 0 unspecified atom stereocenters. The molecule has 5 N–H and O–H groups in total. The number of carbonyl (C=O) groups is 6. The Kier molecular flexibility index (Phi) is 48.2. The molecule has 75 heavy (non-hydrogen) atoms. The van der Waals surface area contributed by atoms with Gasteiger partial charge in [-0.25, -0.2) is 0 Å². The fourth-order valence-electron chi connectivity index (χ4n) is 5.85. The Morgan fingerprint density at radius 1 is 0.333 bits per heavy atom.